The number of carbonyl (C=O) groups is 3. The number of ketones is 1. The van der Waals surface area contributed by atoms with Gasteiger partial charge in [0.1, 0.15) is 6.04 Å². The Morgan fingerprint density at radius 2 is 1.35 bits per heavy atom. The number of carbonyl (C=O) groups excluding carboxylic acids is 1. The van der Waals surface area contributed by atoms with Gasteiger partial charge in [-0.3, -0.25) is 4.79 Å². The third kappa shape index (κ3) is 18.4. The number of nitrogens with zero attached hydrogens (tertiary/aromatic N) is 3. The SMILES string of the molecule is CC(C)CC(N=C=S)C(=O)c1ccc(Cl)c(Cl)c1.CC(C)Cc1sc(N(Cc2ccccc2)CC(O)C(=O)O)nc1-c1ccc(Cl)c(Cl)c1.O=C(O)C(O)CNCc1ccccc1. The fourth-order valence-electron chi connectivity index (χ4n) is 5.76. The van der Waals surface area contributed by atoms with E-state index in [4.69, 9.17) is 61.6 Å². The van der Waals surface area contributed by atoms with Crippen LogP contribution in [-0.4, -0.2) is 79.6 Å². The number of hydrogen-bond acceptors (Lipinski definition) is 11. The first-order chi connectivity index (χ1) is 29.9. The van der Waals surface area contributed by atoms with Crippen LogP contribution < -0.4 is 10.2 Å². The summed E-state index contributed by atoms with van der Waals surface area (Å²) in [5, 5.41) is 44.1. The minimum Gasteiger partial charge on any atom is -0.479 e. The van der Waals surface area contributed by atoms with Crippen LogP contribution in [0.25, 0.3) is 11.3 Å². The number of anilines is 1. The molecule has 0 aliphatic carbocycles. The number of nitrogens with one attached hydrogen (secondary N) is 1. The Hall–Kier alpha value is -4.24. The fraction of sp³-hybridized carbons (Fsp3) is 0.326. The summed E-state index contributed by atoms with van der Waals surface area (Å²) < 4.78 is 0. The predicted molar refractivity (Wildman–Crippen MR) is 258 cm³/mol. The van der Waals surface area contributed by atoms with E-state index >= 15 is 0 Å². The lowest BCUT2D eigenvalue weighted by Gasteiger charge is -2.23. The standard InChI is InChI=1S/C23H24Cl2N2O3S.C13H13Cl2NOS.C10H13NO3/c1-14(2)10-20-21(16-8-9-17(24)18(25)11-16)26-23(31-20)27(13-19(28)22(29)30)12-15-6-4-3-5-7-15;1-8(2)5-12(16-7-18)13(17)9-3-4-10(14)11(15)6-9;12-9(10(13)14)7-11-6-8-4-2-1-3-5-8/h3-9,11,14,19,28H,10,12-13H2,1-2H3,(H,29,30);3-4,6,8,12H,5H2,1-2H3;1-5,9,11-12H,6-7H2,(H,13,14). The van der Waals surface area contributed by atoms with Gasteiger partial charge in [0.25, 0.3) is 0 Å². The highest BCUT2D eigenvalue weighted by atomic mass is 35.5. The molecule has 4 aromatic carbocycles. The van der Waals surface area contributed by atoms with Crippen molar-refractivity contribution in [3.63, 3.8) is 0 Å². The van der Waals surface area contributed by atoms with Gasteiger partial charge in [0.15, 0.2) is 23.1 Å². The number of carboxylic acid groups (broad SMARTS) is 2. The first-order valence-electron chi connectivity index (χ1n) is 19.8. The molecule has 0 amide bonds. The topological polar surface area (TPSA) is 173 Å². The number of aliphatic imine (C=N–C) groups is 1. The molecule has 11 nitrogen and oxygen atoms in total. The van der Waals surface area contributed by atoms with Gasteiger partial charge in [-0.2, -0.15) is 0 Å². The van der Waals surface area contributed by atoms with Gasteiger partial charge in [0, 0.05) is 35.6 Å². The summed E-state index contributed by atoms with van der Waals surface area (Å²) in [5.41, 5.74) is 4.20. The van der Waals surface area contributed by atoms with E-state index in [-0.39, 0.29) is 18.9 Å². The largest absolute Gasteiger partial charge is 0.479 e. The summed E-state index contributed by atoms with van der Waals surface area (Å²) in [6.45, 7) is 9.29. The van der Waals surface area contributed by atoms with Crippen LogP contribution >= 0.6 is 70.0 Å². The van der Waals surface area contributed by atoms with Crippen molar-refractivity contribution in [2.45, 2.75) is 71.9 Å². The number of aliphatic carboxylic acids is 2. The molecule has 3 unspecified atom stereocenters. The number of carboxylic acids is 2. The van der Waals surface area contributed by atoms with Gasteiger partial charge in [0.05, 0.1) is 37.5 Å². The van der Waals surface area contributed by atoms with E-state index in [1.807, 2.05) is 85.5 Å². The van der Waals surface area contributed by atoms with Gasteiger partial charge < -0.3 is 30.6 Å². The van der Waals surface area contributed by atoms with Crippen molar-refractivity contribution in [1.82, 2.24) is 10.3 Å². The van der Waals surface area contributed by atoms with Crippen LogP contribution in [0.5, 0.6) is 0 Å². The summed E-state index contributed by atoms with van der Waals surface area (Å²) >= 11 is 30.1. The van der Waals surface area contributed by atoms with Crippen molar-refractivity contribution in [2.24, 2.45) is 16.8 Å². The highest BCUT2D eigenvalue weighted by Crippen LogP contribution is 2.37. The Balaban J connectivity index is 0.000000279. The average molecular weight is 977 g/mol. The van der Waals surface area contributed by atoms with Crippen molar-refractivity contribution in [2.75, 3.05) is 18.0 Å². The first-order valence-corrected chi connectivity index (χ1v) is 22.5. The zero-order valence-corrected chi connectivity index (χ0v) is 39.7. The summed E-state index contributed by atoms with van der Waals surface area (Å²) in [6, 6.07) is 29.0. The molecule has 0 bridgehead atoms. The number of aliphatic hydroxyl groups excluding tert-OH is 2. The second-order valence-corrected chi connectivity index (χ2v) is 17.9. The van der Waals surface area contributed by atoms with Gasteiger partial charge in [0.2, 0.25) is 0 Å². The van der Waals surface area contributed by atoms with Gasteiger partial charge in [-0.1, -0.05) is 141 Å². The van der Waals surface area contributed by atoms with E-state index < -0.39 is 30.2 Å². The Labute approximate surface area is 397 Å². The second-order valence-electron chi connectivity index (χ2n) is 15.0. The molecule has 63 heavy (non-hydrogen) atoms. The maximum atomic E-state index is 12.3. The van der Waals surface area contributed by atoms with Crippen molar-refractivity contribution in [3.05, 3.63) is 139 Å². The van der Waals surface area contributed by atoms with Crippen LogP contribution in [0.3, 0.4) is 0 Å². The van der Waals surface area contributed by atoms with E-state index in [0.717, 1.165) is 33.7 Å². The van der Waals surface area contributed by atoms with E-state index in [9.17, 15) is 24.6 Å². The Morgan fingerprint density at radius 3 is 1.87 bits per heavy atom. The molecule has 0 saturated heterocycles. The maximum absolute atomic E-state index is 12.3. The van der Waals surface area contributed by atoms with Crippen LogP contribution in [0.2, 0.25) is 20.1 Å². The molecule has 0 aliphatic heterocycles. The third-order valence-electron chi connectivity index (χ3n) is 8.84. The van der Waals surface area contributed by atoms with Crippen LogP contribution in [0.4, 0.5) is 5.13 Å². The quantitative estimate of drug-likeness (QED) is 0.0303. The van der Waals surface area contributed by atoms with Crippen molar-refractivity contribution < 1.29 is 34.8 Å². The monoisotopic (exact) mass is 974 g/mol. The summed E-state index contributed by atoms with van der Waals surface area (Å²) in [7, 11) is 0. The summed E-state index contributed by atoms with van der Waals surface area (Å²) in [4.78, 5) is 45.5. The van der Waals surface area contributed by atoms with E-state index in [1.165, 1.54) is 11.3 Å². The number of halogens is 4. The zero-order chi connectivity index (χ0) is 46.6. The van der Waals surface area contributed by atoms with Gasteiger partial charge in [-0.15, -0.1) is 11.3 Å². The van der Waals surface area contributed by atoms with Crippen molar-refractivity contribution >= 4 is 98.0 Å². The van der Waals surface area contributed by atoms with Crippen molar-refractivity contribution in [3.8, 4) is 11.3 Å². The molecule has 5 aromatic rings. The molecule has 0 spiro atoms. The molecule has 5 N–H and O–H groups in total. The molecule has 0 fully saturated rings. The van der Waals surface area contributed by atoms with Crippen LogP contribution in [0.1, 0.15) is 60.5 Å². The van der Waals surface area contributed by atoms with Crippen molar-refractivity contribution in [1.29, 1.82) is 0 Å². The van der Waals surface area contributed by atoms with Gasteiger partial charge in [-0.05, 0) is 78.4 Å². The van der Waals surface area contributed by atoms with E-state index in [0.29, 0.717) is 62.1 Å². The molecular formula is C46H50Cl4N4O7S2. The zero-order valence-electron chi connectivity index (χ0n) is 35.1. The van der Waals surface area contributed by atoms with E-state index in [2.05, 4.69) is 41.5 Å². The number of aliphatic hydroxyl groups is 2. The van der Waals surface area contributed by atoms with Gasteiger partial charge in [-0.25, -0.2) is 19.6 Å². The Bertz CT molecular complexity index is 2300. The molecule has 5 rings (SSSR count). The lowest BCUT2D eigenvalue weighted by molar-refractivity contribution is -0.147. The number of thiazole rings is 1. The van der Waals surface area contributed by atoms with Crippen LogP contribution in [0.15, 0.2) is 102 Å². The smallest absolute Gasteiger partial charge is 0.334 e. The predicted octanol–water partition coefficient (Wildman–Crippen LogP) is 10.7. The highest BCUT2D eigenvalue weighted by molar-refractivity contribution is 7.78. The number of aromatic nitrogens is 1. The molecule has 17 heteroatoms. The Morgan fingerprint density at radius 1 is 0.778 bits per heavy atom. The molecule has 0 radical (unpaired) electrons. The number of hydrogen-bond donors (Lipinski definition) is 5. The number of benzene rings is 4. The molecular weight excluding hydrogens is 926 g/mol. The fourth-order valence-corrected chi connectivity index (χ4v) is 7.79. The van der Waals surface area contributed by atoms with Crippen LogP contribution in [-0.2, 0) is 29.1 Å². The first kappa shape index (κ1) is 53.1. The van der Waals surface area contributed by atoms with Crippen LogP contribution in [0, 0.1) is 11.8 Å². The normalized spacial score (nSPS) is 12.2. The molecule has 3 atom stereocenters. The lowest BCUT2D eigenvalue weighted by Crippen LogP contribution is -2.36. The minimum absolute atomic E-state index is 0.0597. The second kappa shape index (κ2) is 27.2. The highest BCUT2D eigenvalue weighted by Gasteiger charge is 2.24. The molecule has 1 heterocycles. The summed E-state index contributed by atoms with van der Waals surface area (Å²) in [6.07, 6.45) is -1.41. The molecule has 1 aromatic heterocycles. The number of rotatable bonds is 19. The van der Waals surface area contributed by atoms with Gasteiger partial charge >= 0.3 is 11.9 Å². The lowest BCUT2D eigenvalue weighted by atomic mass is 9.96. The maximum Gasteiger partial charge on any atom is 0.334 e. The minimum atomic E-state index is -1.52. The average Bonchev–Trinajstić information content (AvgIpc) is 3.66. The summed E-state index contributed by atoms with van der Waals surface area (Å²) in [5.74, 6) is -1.83. The molecule has 0 saturated carbocycles. The number of Topliss-reactive ketones (excluding diaryl/α,β-unsaturated/α-hetero) is 1. The number of thiocarbonyl (C=S) groups is 1. The number of isothiocyanates is 1. The Kier molecular flexibility index (Phi) is 22.9. The molecule has 0 aliphatic rings. The third-order valence-corrected chi connectivity index (χ3v) is 11.6. The van der Waals surface area contributed by atoms with E-state index in [1.54, 1.807) is 30.3 Å². The molecule has 336 valence electrons.